The Hall–Kier alpha value is -6.11. The molecule has 0 bridgehead atoms. The van der Waals surface area contributed by atoms with Crippen LogP contribution in [0.5, 0.6) is 0 Å². The normalized spacial score (nSPS) is 13.7. The van der Waals surface area contributed by atoms with Gasteiger partial charge in [-0.1, -0.05) is 141 Å². The molecule has 3 nitrogen and oxygen atoms in total. The number of para-hydroxylation sites is 1. The molecular formula is C51H30ClN3S2. The molecule has 0 N–H and O–H groups in total. The van der Waals surface area contributed by atoms with E-state index in [1.54, 1.807) is 11.3 Å². The molecule has 0 saturated carbocycles. The van der Waals surface area contributed by atoms with Crippen molar-refractivity contribution in [1.82, 2.24) is 14.5 Å². The van der Waals surface area contributed by atoms with Gasteiger partial charge in [-0.3, -0.25) is 4.57 Å². The Morgan fingerprint density at radius 1 is 0.561 bits per heavy atom. The third-order valence-corrected chi connectivity index (χ3v) is 15.0. The van der Waals surface area contributed by atoms with Gasteiger partial charge < -0.3 is 0 Å². The predicted molar refractivity (Wildman–Crippen MR) is 245 cm³/mol. The van der Waals surface area contributed by atoms with E-state index in [1.807, 2.05) is 11.3 Å². The van der Waals surface area contributed by atoms with E-state index in [2.05, 4.69) is 164 Å². The van der Waals surface area contributed by atoms with Gasteiger partial charge in [0.05, 0.1) is 15.7 Å². The largest absolute Gasteiger partial charge is 0.290 e. The minimum absolute atomic E-state index is 0.0841. The fourth-order valence-electron chi connectivity index (χ4n) is 9.93. The van der Waals surface area contributed by atoms with Crippen LogP contribution in [-0.2, 0) is 5.41 Å². The van der Waals surface area contributed by atoms with Crippen molar-refractivity contribution in [3.63, 3.8) is 0 Å². The molecule has 268 valence electrons. The summed E-state index contributed by atoms with van der Waals surface area (Å²) in [4.78, 5) is 11.3. The van der Waals surface area contributed by atoms with Crippen molar-refractivity contribution in [3.8, 4) is 28.1 Å². The molecule has 6 heteroatoms. The van der Waals surface area contributed by atoms with Crippen LogP contribution >= 0.6 is 34.3 Å². The molecule has 0 amide bonds. The van der Waals surface area contributed by atoms with Gasteiger partial charge in [0.2, 0.25) is 0 Å². The third-order valence-electron chi connectivity index (χ3n) is 12.5. The lowest BCUT2D eigenvalue weighted by atomic mass is 9.82. The average Bonchev–Trinajstić information content (AvgIpc) is 3.96. The predicted octanol–water partition coefficient (Wildman–Crippen LogP) is 15.2. The summed E-state index contributed by atoms with van der Waals surface area (Å²) in [6.07, 6.45) is 0. The molecule has 0 aliphatic heterocycles. The maximum Gasteiger partial charge on any atom is 0.176 e. The molecule has 13 rings (SSSR count). The van der Waals surface area contributed by atoms with Crippen LogP contribution in [0, 0.1) is 0 Å². The van der Waals surface area contributed by atoms with Crippen molar-refractivity contribution in [3.05, 3.63) is 162 Å². The van der Waals surface area contributed by atoms with Crippen LogP contribution in [0.1, 0.15) is 25.0 Å². The standard InChI is InChI=1S/C51H30ClN3S2/c1-51(2)37-18-8-5-14-32(37)42-30(17-11-19-38(42)51)29-22-23-31-35(25-29)43-33-15-6-9-20-39(33)55(49-48(52)54-50-45(53-49)34-16-7-10-21-40(34)57-50)46(43)47-44(31)36-24-27-12-3-4-13-28(27)26-41(36)56-47/h3-26H,1-2H3. The fourth-order valence-corrected chi connectivity index (χ4v) is 12.5. The molecule has 8 aromatic carbocycles. The first-order chi connectivity index (χ1) is 27.9. The molecule has 0 radical (unpaired) electrons. The number of nitrogens with zero attached hydrogens (tertiary/aromatic N) is 3. The number of hydrogen-bond donors (Lipinski definition) is 0. The molecule has 0 unspecified atom stereocenters. The van der Waals surface area contributed by atoms with Gasteiger partial charge in [-0.2, -0.15) is 0 Å². The summed E-state index contributed by atoms with van der Waals surface area (Å²) in [5.41, 5.74) is 10.8. The number of fused-ring (bicyclic) bond motifs is 17. The van der Waals surface area contributed by atoms with Crippen molar-refractivity contribution >= 4 is 118 Å². The Kier molecular flexibility index (Phi) is 6.33. The Bertz CT molecular complexity index is 3750. The van der Waals surface area contributed by atoms with Crippen molar-refractivity contribution in [2.75, 3.05) is 0 Å². The average molecular weight is 784 g/mol. The van der Waals surface area contributed by atoms with Crippen molar-refractivity contribution < 1.29 is 0 Å². The van der Waals surface area contributed by atoms with E-state index in [-0.39, 0.29) is 5.41 Å². The molecule has 4 aromatic heterocycles. The quantitative estimate of drug-likeness (QED) is 0.175. The second-order valence-corrected chi connectivity index (χ2v) is 18.3. The highest BCUT2D eigenvalue weighted by molar-refractivity contribution is 7.27. The number of hydrogen-bond acceptors (Lipinski definition) is 4. The van der Waals surface area contributed by atoms with Crippen LogP contribution in [0.25, 0.3) is 112 Å². The number of halogens is 1. The molecule has 4 heterocycles. The van der Waals surface area contributed by atoms with Crippen molar-refractivity contribution in [2.24, 2.45) is 0 Å². The zero-order valence-corrected chi connectivity index (χ0v) is 33.3. The topological polar surface area (TPSA) is 30.7 Å². The molecule has 12 aromatic rings. The van der Waals surface area contributed by atoms with Crippen LogP contribution in [0.3, 0.4) is 0 Å². The van der Waals surface area contributed by atoms with Crippen LogP contribution < -0.4 is 0 Å². The van der Waals surface area contributed by atoms with Gasteiger partial charge >= 0.3 is 0 Å². The molecule has 0 spiro atoms. The first-order valence-corrected chi connectivity index (χ1v) is 21.3. The Morgan fingerprint density at radius 3 is 2.19 bits per heavy atom. The highest BCUT2D eigenvalue weighted by atomic mass is 35.5. The van der Waals surface area contributed by atoms with Crippen LogP contribution in [0.15, 0.2) is 146 Å². The summed E-state index contributed by atoms with van der Waals surface area (Å²) in [6, 6.07) is 53.5. The minimum atomic E-state index is -0.0841. The molecular weight excluding hydrogens is 754 g/mol. The van der Waals surface area contributed by atoms with Crippen LogP contribution in [0.2, 0.25) is 5.15 Å². The van der Waals surface area contributed by atoms with E-state index in [9.17, 15) is 0 Å². The van der Waals surface area contributed by atoms with E-state index >= 15 is 0 Å². The lowest BCUT2D eigenvalue weighted by molar-refractivity contribution is 0.660. The zero-order chi connectivity index (χ0) is 37.7. The van der Waals surface area contributed by atoms with E-state index in [0.717, 1.165) is 36.9 Å². The summed E-state index contributed by atoms with van der Waals surface area (Å²) in [5.74, 6) is 0.651. The van der Waals surface area contributed by atoms with E-state index in [4.69, 9.17) is 21.6 Å². The number of aromatic nitrogens is 3. The van der Waals surface area contributed by atoms with Gasteiger partial charge in [-0.25, -0.2) is 9.97 Å². The van der Waals surface area contributed by atoms with Gasteiger partial charge in [0, 0.05) is 41.7 Å². The van der Waals surface area contributed by atoms with Gasteiger partial charge in [0.1, 0.15) is 10.3 Å². The first kappa shape index (κ1) is 32.0. The van der Waals surface area contributed by atoms with Gasteiger partial charge in [-0.05, 0) is 85.3 Å². The Labute approximate surface area is 340 Å². The van der Waals surface area contributed by atoms with Crippen molar-refractivity contribution in [1.29, 1.82) is 0 Å². The summed E-state index contributed by atoms with van der Waals surface area (Å²) in [6.45, 7) is 4.71. The molecule has 1 aliphatic carbocycles. The summed E-state index contributed by atoms with van der Waals surface area (Å²) < 4.78 is 5.93. The van der Waals surface area contributed by atoms with E-state index < -0.39 is 0 Å². The summed E-state index contributed by atoms with van der Waals surface area (Å²) >= 11 is 10.8. The molecule has 0 saturated heterocycles. The summed E-state index contributed by atoms with van der Waals surface area (Å²) in [7, 11) is 0. The molecule has 0 fully saturated rings. The minimum Gasteiger partial charge on any atom is -0.290 e. The molecule has 57 heavy (non-hydrogen) atoms. The molecule has 0 atom stereocenters. The highest BCUT2D eigenvalue weighted by Gasteiger charge is 2.36. The number of rotatable bonds is 2. The number of thiophene rings is 2. The summed E-state index contributed by atoms with van der Waals surface area (Å²) in [5, 5.41) is 11.3. The smallest absolute Gasteiger partial charge is 0.176 e. The monoisotopic (exact) mass is 783 g/mol. The third kappa shape index (κ3) is 4.21. The Morgan fingerprint density at radius 2 is 1.30 bits per heavy atom. The van der Waals surface area contributed by atoms with Crippen molar-refractivity contribution in [2.45, 2.75) is 19.3 Å². The van der Waals surface area contributed by atoms with E-state index in [0.29, 0.717) is 11.0 Å². The maximum absolute atomic E-state index is 7.28. The van der Waals surface area contributed by atoms with Gasteiger partial charge in [0.25, 0.3) is 0 Å². The SMILES string of the molecule is CC1(C)c2ccccc2-c2c(-c3ccc4c(c3)c3c5ccccc5n(-c5nc6c(nc5Cl)sc5ccccc56)c3c3sc5cc6ccccc6cc5c43)cccc21. The van der Waals surface area contributed by atoms with E-state index in [1.165, 1.54) is 80.5 Å². The first-order valence-electron chi connectivity index (χ1n) is 19.3. The van der Waals surface area contributed by atoms with Gasteiger partial charge in [0.15, 0.2) is 11.0 Å². The second-order valence-electron chi connectivity index (χ2n) is 15.8. The van der Waals surface area contributed by atoms with Crippen LogP contribution in [-0.4, -0.2) is 14.5 Å². The van der Waals surface area contributed by atoms with Crippen LogP contribution in [0.4, 0.5) is 0 Å². The maximum atomic E-state index is 7.28. The lowest BCUT2D eigenvalue weighted by Crippen LogP contribution is -2.14. The second kappa shape index (κ2) is 11.3. The Balaban J connectivity index is 1.21. The lowest BCUT2D eigenvalue weighted by Gasteiger charge is -2.21. The molecule has 1 aliphatic rings. The number of benzene rings is 8. The fraction of sp³-hybridized carbons (Fsp3) is 0.0588. The highest BCUT2D eigenvalue weighted by Crippen LogP contribution is 2.54. The zero-order valence-electron chi connectivity index (χ0n) is 30.9. The van der Waals surface area contributed by atoms with Gasteiger partial charge in [-0.15, -0.1) is 22.7 Å².